The van der Waals surface area contributed by atoms with E-state index in [9.17, 15) is 0 Å². The summed E-state index contributed by atoms with van der Waals surface area (Å²) in [4.78, 5) is 0. The normalized spacial score (nSPS) is 65.3. The van der Waals surface area contributed by atoms with Crippen LogP contribution in [0.2, 0.25) is 0 Å². The van der Waals surface area contributed by atoms with Crippen LogP contribution in [0.4, 0.5) is 0 Å². The van der Waals surface area contributed by atoms with Crippen LogP contribution in [-0.4, -0.2) is 26.1 Å². The molecular formula is C4H10N2. The highest BCUT2D eigenvalue weighted by atomic mass is 15.0. The predicted octanol–water partition coefficient (Wildman–Crippen LogP) is -0.821. The number of nitrogens with one attached hydrogen (secondary N) is 2. The smallest absolute Gasteiger partial charge is 0.0441 e. The van der Waals surface area contributed by atoms with Crippen molar-refractivity contribution in [2.75, 3.05) is 26.1 Å². The van der Waals surface area contributed by atoms with Crippen molar-refractivity contribution in [1.82, 2.24) is 10.6 Å². The largest absolute Gasteiger partial charge is 0.314 e. The molecule has 1 atom stereocenters. The third-order valence-corrected chi connectivity index (χ3v) is 0.525. The first-order valence-electron chi connectivity index (χ1n) is 4.36. The first-order valence-corrected chi connectivity index (χ1v) is 1.78. The Labute approximate surface area is 45.0 Å². The Hall–Kier alpha value is -0.0800. The fraction of sp³-hybridized carbons (Fsp3) is 1.00. The number of rotatable bonds is 0. The fourth-order valence-electron chi connectivity index (χ4n) is 0.284. The standard InChI is InChI=1S/C4H10N2/c1-2-6-4-3-5-1/h5-6H,1-4H2/i1D,2D2,4D2. The van der Waals surface area contributed by atoms with Gasteiger partial charge >= 0.3 is 0 Å². The van der Waals surface area contributed by atoms with E-state index in [2.05, 4.69) is 10.6 Å². The van der Waals surface area contributed by atoms with Gasteiger partial charge in [-0.3, -0.25) is 0 Å². The van der Waals surface area contributed by atoms with Crippen molar-refractivity contribution in [2.24, 2.45) is 0 Å². The summed E-state index contributed by atoms with van der Waals surface area (Å²) < 4.78 is 35.7. The van der Waals surface area contributed by atoms with Crippen LogP contribution < -0.4 is 10.6 Å². The molecule has 2 nitrogen and oxygen atoms in total. The van der Waals surface area contributed by atoms with Gasteiger partial charge in [0.25, 0.3) is 0 Å². The van der Waals surface area contributed by atoms with Crippen LogP contribution >= 0.6 is 0 Å². The van der Waals surface area contributed by atoms with Crippen LogP contribution in [0.15, 0.2) is 0 Å². The van der Waals surface area contributed by atoms with Crippen LogP contribution in [0, 0.1) is 0 Å². The summed E-state index contributed by atoms with van der Waals surface area (Å²) in [5, 5.41) is 4.52. The van der Waals surface area contributed by atoms with E-state index in [0.29, 0.717) is 0 Å². The van der Waals surface area contributed by atoms with Crippen molar-refractivity contribution >= 4 is 0 Å². The lowest BCUT2D eigenvalue weighted by atomic mass is 10.4. The minimum Gasteiger partial charge on any atom is -0.314 e. The molecule has 2 heteroatoms. The third-order valence-electron chi connectivity index (χ3n) is 0.525. The molecular weight excluding hydrogens is 76.1 g/mol. The molecule has 0 bridgehead atoms. The number of piperazine rings is 1. The molecule has 1 aliphatic rings. The highest BCUT2D eigenvalue weighted by Crippen LogP contribution is 1.65. The Bertz CT molecular complexity index is 159. The van der Waals surface area contributed by atoms with Gasteiger partial charge in [0, 0.05) is 32.9 Å². The lowest BCUT2D eigenvalue weighted by molar-refractivity contribution is 0.534. The van der Waals surface area contributed by atoms with Crippen LogP contribution in [-0.2, 0) is 0 Å². The summed E-state index contributed by atoms with van der Waals surface area (Å²) in [6.45, 7) is -4.91. The van der Waals surface area contributed by atoms with E-state index in [4.69, 9.17) is 6.85 Å². The summed E-state index contributed by atoms with van der Waals surface area (Å²) in [6, 6.07) is 0. The molecule has 0 aromatic heterocycles. The quantitative estimate of drug-likeness (QED) is 0.407. The van der Waals surface area contributed by atoms with Crippen LogP contribution in [0.3, 0.4) is 0 Å². The molecule has 2 N–H and O–H groups in total. The van der Waals surface area contributed by atoms with Gasteiger partial charge in [-0.05, 0) is 0 Å². The first kappa shape index (κ1) is 1.20. The van der Waals surface area contributed by atoms with Crippen molar-refractivity contribution in [2.45, 2.75) is 0 Å². The minimum atomic E-state index is -2.00. The van der Waals surface area contributed by atoms with Gasteiger partial charge in [-0.1, -0.05) is 0 Å². The van der Waals surface area contributed by atoms with E-state index in [1.165, 1.54) is 0 Å². The number of hydrogen-bond donors (Lipinski definition) is 2. The monoisotopic (exact) mass is 91.1 g/mol. The molecule has 0 radical (unpaired) electrons. The van der Waals surface area contributed by atoms with E-state index >= 15 is 0 Å². The van der Waals surface area contributed by atoms with Gasteiger partial charge in [-0.25, -0.2) is 0 Å². The topological polar surface area (TPSA) is 24.1 Å². The molecule has 1 fully saturated rings. The SMILES string of the molecule is [2H]C1NCC([2H])([2H])NC1([2H])[2H]. The second kappa shape index (κ2) is 2.16. The maximum Gasteiger partial charge on any atom is 0.0441 e. The second-order valence-corrected chi connectivity index (χ2v) is 0.971. The van der Waals surface area contributed by atoms with Crippen molar-refractivity contribution in [3.8, 4) is 0 Å². The van der Waals surface area contributed by atoms with E-state index in [0.717, 1.165) is 0 Å². The predicted molar refractivity (Wildman–Crippen MR) is 25.7 cm³/mol. The van der Waals surface area contributed by atoms with Gasteiger partial charge in [0.2, 0.25) is 0 Å². The van der Waals surface area contributed by atoms with E-state index in [-0.39, 0.29) is 6.54 Å². The zero-order valence-electron chi connectivity index (χ0n) is 8.28. The van der Waals surface area contributed by atoms with E-state index in [1.807, 2.05) is 0 Å². The van der Waals surface area contributed by atoms with Crippen molar-refractivity contribution in [3.63, 3.8) is 0 Å². The Morgan fingerprint density at radius 2 is 2.33 bits per heavy atom. The lowest BCUT2D eigenvalue weighted by Crippen LogP contribution is -2.39. The van der Waals surface area contributed by atoms with Crippen LogP contribution in [0.5, 0.6) is 0 Å². The number of hydrogen-bond acceptors (Lipinski definition) is 2. The molecule has 1 aliphatic heterocycles. The molecule has 1 rings (SSSR count). The average molecular weight is 91.2 g/mol. The maximum atomic E-state index is 7.15. The molecule has 36 valence electrons. The van der Waals surface area contributed by atoms with Crippen LogP contribution in [0.1, 0.15) is 6.85 Å². The molecule has 0 spiro atoms. The fourth-order valence-corrected chi connectivity index (χ4v) is 0.284. The van der Waals surface area contributed by atoms with Gasteiger partial charge in [0.15, 0.2) is 0 Å². The molecule has 0 amide bonds. The highest BCUT2D eigenvalue weighted by Gasteiger charge is 1.91. The molecule has 0 aromatic rings. The summed E-state index contributed by atoms with van der Waals surface area (Å²) in [5.41, 5.74) is 0. The lowest BCUT2D eigenvalue weighted by Gasteiger charge is -2.11. The molecule has 0 aliphatic carbocycles. The molecule has 1 heterocycles. The van der Waals surface area contributed by atoms with E-state index in [1.54, 1.807) is 0 Å². The summed E-state index contributed by atoms with van der Waals surface area (Å²) in [6.07, 6.45) is 0. The van der Waals surface area contributed by atoms with Crippen molar-refractivity contribution in [3.05, 3.63) is 0 Å². The first-order chi connectivity index (χ1) is 4.83. The zero-order valence-corrected chi connectivity index (χ0v) is 3.28. The van der Waals surface area contributed by atoms with E-state index < -0.39 is 19.5 Å². The van der Waals surface area contributed by atoms with Crippen LogP contribution in [0.25, 0.3) is 0 Å². The molecule has 1 unspecified atom stereocenters. The Morgan fingerprint density at radius 1 is 1.33 bits per heavy atom. The molecule has 0 aromatic carbocycles. The van der Waals surface area contributed by atoms with Crippen molar-refractivity contribution in [1.29, 1.82) is 0 Å². The van der Waals surface area contributed by atoms with Crippen molar-refractivity contribution < 1.29 is 6.85 Å². The molecule has 1 saturated heterocycles. The summed E-state index contributed by atoms with van der Waals surface area (Å²) in [7, 11) is 0. The van der Waals surface area contributed by atoms with Gasteiger partial charge in [0.1, 0.15) is 0 Å². The third kappa shape index (κ3) is 0.954. The van der Waals surface area contributed by atoms with Gasteiger partial charge in [-0.15, -0.1) is 0 Å². The highest BCUT2D eigenvalue weighted by molar-refractivity contribution is 4.59. The van der Waals surface area contributed by atoms with Gasteiger partial charge in [0.05, 0.1) is 0 Å². The maximum absolute atomic E-state index is 7.15. The summed E-state index contributed by atoms with van der Waals surface area (Å²) >= 11 is 0. The van der Waals surface area contributed by atoms with Gasteiger partial charge < -0.3 is 10.6 Å². The second-order valence-electron chi connectivity index (χ2n) is 0.971. The summed E-state index contributed by atoms with van der Waals surface area (Å²) in [5.74, 6) is 0. The molecule has 0 saturated carbocycles. The van der Waals surface area contributed by atoms with Gasteiger partial charge in [-0.2, -0.15) is 0 Å². The Balaban J connectivity index is 2.67. The minimum absolute atomic E-state index is 0.0410. The Morgan fingerprint density at radius 3 is 3.00 bits per heavy atom. The Kier molecular flexibility index (Phi) is 0.432. The zero-order chi connectivity index (χ0) is 8.70. The average Bonchev–Trinajstić information content (AvgIpc) is 1.77. The molecule has 6 heavy (non-hydrogen) atoms.